The molecular weight excluding hydrogens is 608 g/mol. The Morgan fingerprint density at radius 1 is 0.811 bits per heavy atom. The van der Waals surface area contributed by atoms with Crippen LogP contribution in [-0.2, 0) is 0 Å². The van der Waals surface area contributed by atoms with Gasteiger partial charge in [-0.1, -0.05) is 58.4 Å². The summed E-state index contributed by atoms with van der Waals surface area (Å²) in [5.41, 5.74) is 0.988. The molecule has 3 N–H and O–H groups in total. The molecule has 0 amide bonds. The molecule has 37 heavy (non-hydrogen) atoms. The van der Waals surface area contributed by atoms with Crippen molar-refractivity contribution in [3.8, 4) is 17.1 Å². The highest BCUT2D eigenvalue weighted by Gasteiger charge is 2.18. The van der Waals surface area contributed by atoms with Gasteiger partial charge in [0.15, 0.2) is 11.0 Å². The number of hydrogen-bond acceptors (Lipinski definition) is 5. The third-order valence-electron chi connectivity index (χ3n) is 5.65. The molecule has 0 saturated heterocycles. The Kier molecular flexibility index (Phi) is 7.47. The summed E-state index contributed by atoms with van der Waals surface area (Å²) in [5, 5.41) is 29.7. The molecule has 9 heteroatoms. The van der Waals surface area contributed by atoms with E-state index in [1.165, 1.54) is 12.1 Å². The molecule has 0 bridgehead atoms. The van der Waals surface area contributed by atoms with E-state index in [9.17, 15) is 24.6 Å². The van der Waals surface area contributed by atoms with Crippen molar-refractivity contribution in [3.63, 3.8) is 0 Å². The van der Waals surface area contributed by atoms with Crippen molar-refractivity contribution in [3.05, 3.63) is 109 Å². The minimum atomic E-state index is -1.15. The maximum absolute atomic E-state index is 12.4. The molecule has 186 valence electrons. The summed E-state index contributed by atoms with van der Waals surface area (Å²) < 4.78 is 7.02. The molecular formula is C28H18Br2O7. The van der Waals surface area contributed by atoms with Crippen LogP contribution in [0.2, 0.25) is 0 Å². The maximum atomic E-state index is 12.4. The van der Waals surface area contributed by atoms with Crippen molar-refractivity contribution in [1.82, 2.24) is 0 Å². The molecule has 4 aromatic carbocycles. The Bertz CT molecular complexity index is 1740. The fourth-order valence-corrected chi connectivity index (χ4v) is 4.78. The number of hydrogen-bond donors (Lipinski definition) is 3. The van der Waals surface area contributed by atoms with E-state index in [4.69, 9.17) is 9.52 Å². The first kappa shape index (κ1) is 26.1. The number of halogens is 2. The molecule has 5 rings (SSSR count). The quantitative estimate of drug-likeness (QED) is 0.193. The summed E-state index contributed by atoms with van der Waals surface area (Å²) >= 11 is 6.51. The molecule has 0 aliphatic carbocycles. The molecule has 0 aliphatic rings. The van der Waals surface area contributed by atoms with Crippen LogP contribution in [0.4, 0.5) is 0 Å². The Morgan fingerprint density at radius 2 is 1.49 bits per heavy atom. The van der Waals surface area contributed by atoms with E-state index in [0.29, 0.717) is 15.8 Å². The highest BCUT2D eigenvalue weighted by molar-refractivity contribution is 9.11. The fourth-order valence-electron chi connectivity index (χ4n) is 3.83. The summed E-state index contributed by atoms with van der Waals surface area (Å²) in [5.74, 6) is -2.11. The number of carbonyl (C=O) groups is 2. The second-order valence-corrected chi connectivity index (χ2v) is 9.70. The fraction of sp³-hybridized carbons (Fsp3) is 0.0357. The van der Waals surface area contributed by atoms with Crippen molar-refractivity contribution in [2.75, 3.05) is 0 Å². The number of aromatic carboxylic acids is 2. The lowest BCUT2D eigenvalue weighted by Crippen LogP contribution is -2.09. The van der Waals surface area contributed by atoms with Crippen LogP contribution in [0.1, 0.15) is 26.3 Å². The van der Waals surface area contributed by atoms with Crippen LogP contribution >= 0.6 is 31.9 Å². The number of fused-ring (bicyclic) bond motifs is 2. The van der Waals surface area contributed by atoms with E-state index in [-0.39, 0.29) is 33.3 Å². The van der Waals surface area contributed by atoms with Gasteiger partial charge in [-0.05, 0) is 64.0 Å². The lowest BCUT2D eigenvalue weighted by molar-refractivity contribution is 0.0684. The van der Waals surface area contributed by atoms with Crippen molar-refractivity contribution in [2.45, 2.75) is 6.92 Å². The highest BCUT2D eigenvalue weighted by Crippen LogP contribution is 2.36. The summed E-state index contributed by atoms with van der Waals surface area (Å²) in [4.78, 5) is 34.7. The molecule has 0 saturated carbocycles. The van der Waals surface area contributed by atoms with Crippen molar-refractivity contribution in [1.29, 1.82) is 0 Å². The zero-order valence-electron chi connectivity index (χ0n) is 19.2. The second-order valence-electron chi connectivity index (χ2n) is 8.00. The van der Waals surface area contributed by atoms with Crippen LogP contribution in [0, 0.1) is 6.92 Å². The normalized spacial score (nSPS) is 10.7. The molecule has 1 aromatic heterocycles. The van der Waals surface area contributed by atoms with Gasteiger partial charge < -0.3 is 19.7 Å². The highest BCUT2D eigenvalue weighted by atomic mass is 79.9. The molecule has 0 unspecified atom stereocenters. The zero-order valence-corrected chi connectivity index (χ0v) is 22.3. The summed E-state index contributed by atoms with van der Waals surface area (Å²) in [6.45, 7) is 1.68. The molecule has 0 spiro atoms. The Labute approximate surface area is 226 Å². The summed E-state index contributed by atoms with van der Waals surface area (Å²) in [7, 11) is 0. The van der Waals surface area contributed by atoms with Gasteiger partial charge >= 0.3 is 11.9 Å². The van der Waals surface area contributed by atoms with E-state index >= 15 is 0 Å². The lowest BCUT2D eigenvalue weighted by atomic mass is 10.0. The molecule has 0 fully saturated rings. The number of aromatic hydroxyl groups is 1. The van der Waals surface area contributed by atoms with E-state index in [1.54, 1.807) is 31.2 Å². The minimum Gasteiger partial charge on any atom is -0.506 e. The van der Waals surface area contributed by atoms with Gasteiger partial charge in [-0.3, -0.25) is 4.79 Å². The second kappa shape index (κ2) is 10.6. The predicted molar refractivity (Wildman–Crippen MR) is 148 cm³/mol. The summed E-state index contributed by atoms with van der Waals surface area (Å²) in [6, 6.07) is 20.6. The smallest absolute Gasteiger partial charge is 0.339 e. The minimum absolute atomic E-state index is 0.0122. The number of carboxylic acids is 2. The standard InChI is InChI=1S/C17H12O4.C11H6Br2O3/c1-10-14(18)12-8-5-9-13(17(19)20)16(12)21-15(10)11-6-3-2-4-7-11;12-6-1-2-7-5(3-6)4-8(11(15)16)10(14)9(7)13/h2-9H,1H3,(H,19,20);1-4,14H,(H,15,16). The van der Waals surface area contributed by atoms with Gasteiger partial charge in [0.1, 0.15) is 22.6 Å². The van der Waals surface area contributed by atoms with Gasteiger partial charge in [0.25, 0.3) is 0 Å². The lowest BCUT2D eigenvalue weighted by Gasteiger charge is -2.08. The molecule has 0 atom stereocenters. The first-order chi connectivity index (χ1) is 17.6. The Morgan fingerprint density at radius 3 is 2.14 bits per heavy atom. The van der Waals surface area contributed by atoms with E-state index in [0.717, 1.165) is 20.8 Å². The van der Waals surface area contributed by atoms with E-state index in [2.05, 4.69) is 31.9 Å². The van der Waals surface area contributed by atoms with Crippen molar-refractivity contribution < 1.29 is 29.3 Å². The molecule has 5 aromatic rings. The largest absolute Gasteiger partial charge is 0.506 e. The van der Waals surface area contributed by atoms with E-state index in [1.807, 2.05) is 36.4 Å². The van der Waals surface area contributed by atoms with Gasteiger partial charge in [-0.2, -0.15) is 0 Å². The van der Waals surface area contributed by atoms with Crippen molar-refractivity contribution in [2.24, 2.45) is 0 Å². The van der Waals surface area contributed by atoms with Crippen molar-refractivity contribution >= 4 is 65.5 Å². The monoisotopic (exact) mass is 624 g/mol. The van der Waals surface area contributed by atoms with Gasteiger partial charge in [0, 0.05) is 15.6 Å². The average molecular weight is 626 g/mol. The molecule has 0 aliphatic heterocycles. The predicted octanol–water partition coefficient (Wildman–Crippen LogP) is 7.24. The van der Waals surface area contributed by atoms with Crippen LogP contribution in [0.3, 0.4) is 0 Å². The van der Waals surface area contributed by atoms with Crippen LogP contribution in [-0.4, -0.2) is 27.3 Å². The van der Waals surface area contributed by atoms with E-state index < -0.39 is 11.9 Å². The van der Waals surface area contributed by atoms with Gasteiger partial charge in [-0.15, -0.1) is 0 Å². The number of phenols is 1. The first-order valence-electron chi connectivity index (χ1n) is 10.8. The molecule has 7 nitrogen and oxygen atoms in total. The Balaban J connectivity index is 0.000000180. The van der Waals surface area contributed by atoms with Crippen LogP contribution < -0.4 is 5.43 Å². The molecule has 0 radical (unpaired) electrons. The summed E-state index contributed by atoms with van der Waals surface area (Å²) in [6.07, 6.45) is 0. The average Bonchev–Trinajstić information content (AvgIpc) is 2.88. The number of rotatable bonds is 3. The maximum Gasteiger partial charge on any atom is 0.339 e. The third kappa shape index (κ3) is 5.14. The van der Waals surface area contributed by atoms with Crippen LogP contribution in [0.15, 0.2) is 91.0 Å². The van der Waals surface area contributed by atoms with Crippen LogP contribution in [0.5, 0.6) is 5.75 Å². The van der Waals surface area contributed by atoms with Gasteiger partial charge in [-0.25, -0.2) is 9.59 Å². The number of para-hydroxylation sites is 1. The molecule has 1 heterocycles. The first-order valence-corrected chi connectivity index (χ1v) is 12.4. The number of benzene rings is 4. The topological polar surface area (TPSA) is 125 Å². The SMILES string of the molecule is Cc1c(-c2ccccc2)oc2c(C(=O)O)cccc2c1=O.O=C(O)c1cc2cc(Br)ccc2c(Br)c1O. The Hall–Kier alpha value is -3.95. The van der Waals surface area contributed by atoms with Gasteiger partial charge in [0.2, 0.25) is 0 Å². The van der Waals surface area contributed by atoms with Gasteiger partial charge in [0.05, 0.1) is 9.86 Å². The zero-order chi connectivity index (χ0) is 26.9. The third-order valence-corrected chi connectivity index (χ3v) is 6.95. The van der Waals surface area contributed by atoms with Crippen LogP contribution in [0.25, 0.3) is 33.1 Å². The number of carboxylic acid groups (broad SMARTS) is 2.